The van der Waals surface area contributed by atoms with Crippen molar-refractivity contribution >= 4 is 0 Å². The van der Waals surface area contributed by atoms with E-state index in [1.807, 2.05) is 0 Å². The molecule has 14 heavy (non-hydrogen) atoms. The number of nitrogens with one attached hydrogen (secondary N) is 1. The highest BCUT2D eigenvalue weighted by Gasteiger charge is 2.39. The van der Waals surface area contributed by atoms with Gasteiger partial charge >= 0.3 is 0 Å². The molecule has 0 saturated carbocycles. The number of rotatable bonds is 2. The predicted molar refractivity (Wildman–Crippen MR) is 57.2 cm³/mol. The molecular weight excluding hydrogens is 176 g/mol. The molecule has 2 aliphatic rings. The minimum Gasteiger partial charge on any atom is -0.359 e. The summed E-state index contributed by atoms with van der Waals surface area (Å²) in [6.45, 7) is 9.98. The third-order valence-corrected chi connectivity index (χ3v) is 3.71. The lowest BCUT2D eigenvalue weighted by molar-refractivity contribution is -0.0653. The summed E-state index contributed by atoms with van der Waals surface area (Å²) in [5.74, 6) is 0.665. The summed E-state index contributed by atoms with van der Waals surface area (Å²) in [7, 11) is 0. The summed E-state index contributed by atoms with van der Waals surface area (Å²) < 4.78 is 5.83. The normalized spacial score (nSPS) is 40.3. The van der Waals surface area contributed by atoms with Crippen molar-refractivity contribution in [2.75, 3.05) is 32.8 Å². The molecule has 0 aliphatic carbocycles. The molecule has 2 atom stereocenters. The molecule has 1 N–H and O–H groups in total. The van der Waals surface area contributed by atoms with E-state index in [9.17, 15) is 0 Å². The molecule has 0 aromatic carbocycles. The van der Waals surface area contributed by atoms with E-state index in [4.69, 9.17) is 4.74 Å². The Labute approximate surface area is 86.8 Å². The van der Waals surface area contributed by atoms with Crippen LogP contribution in [0.15, 0.2) is 0 Å². The monoisotopic (exact) mass is 198 g/mol. The molecule has 0 spiro atoms. The van der Waals surface area contributed by atoms with E-state index in [2.05, 4.69) is 24.1 Å². The Bertz CT molecular complexity index is 190. The van der Waals surface area contributed by atoms with Crippen molar-refractivity contribution in [2.45, 2.75) is 32.4 Å². The highest BCUT2D eigenvalue weighted by molar-refractivity contribution is 4.89. The molecule has 2 fully saturated rings. The molecule has 82 valence electrons. The zero-order valence-electron chi connectivity index (χ0n) is 9.38. The van der Waals surface area contributed by atoms with Gasteiger partial charge in [0.2, 0.25) is 0 Å². The van der Waals surface area contributed by atoms with Gasteiger partial charge in [-0.2, -0.15) is 0 Å². The van der Waals surface area contributed by atoms with E-state index >= 15 is 0 Å². The van der Waals surface area contributed by atoms with Crippen molar-refractivity contribution in [3.05, 3.63) is 0 Å². The standard InChI is InChI=1S/C11H22N2O/c1-3-13-7-4-5-10(9-13)11(2)12-6-8-14-11/h10,12H,3-9H2,1-2H3. The fourth-order valence-electron chi connectivity index (χ4n) is 2.67. The van der Waals surface area contributed by atoms with Crippen LogP contribution < -0.4 is 5.32 Å². The zero-order chi connectivity index (χ0) is 10.0. The number of ether oxygens (including phenoxy) is 1. The number of likely N-dealkylation sites (tertiary alicyclic amines) is 1. The van der Waals surface area contributed by atoms with Crippen LogP contribution in [0.2, 0.25) is 0 Å². The van der Waals surface area contributed by atoms with E-state index in [-0.39, 0.29) is 5.72 Å². The molecular formula is C11H22N2O. The van der Waals surface area contributed by atoms with Crippen LogP contribution in [0.25, 0.3) is 0 Å². The van der Waals surface area contributed by atoms with Crippen LogP contribution in [0.4, 0.5) is 0 Å². The summed E-state index contributed by atoms with van der Waals surface area (Å²) in [5, 5.41) is 3.50. The first-order chi connectivity index (χ1) is 6.74. The van der Waals surface area contributed by atoms with Gasteiger partial charge < -0.3 is 9.64 Å². The van der Waals surface area contributed by atoms with E-state index in [1.165, 1.54) is 32.5 Å². The summed E-state index contributed by atoms with van der Waals surface area (Å²) in [5.41, 5.74) is -0.0478. The summed E-state index contributed by atoms with van der Waals surface area (Å²) in [6, 6.07) is 0. The van der Waals surface area contributed by atoms with Crippen molar-refractivity contribution in [1.82, 2.24) is 10.2 Å². The Morgan fingerprint density at radius 2 is 2.43 bits per heavy atom. The molecule has 0 radical (unpaired) electrons. The molecule has 2 saturated heterocycles. The highest BCUT2D eigenvalue weighted by atomic mass is 16.5. The molecule has 0 amide bonds. The maximum atomic E-state index is 5.83. The molecule has 3 heteroatoms. The van der Waals surface area contributed by atoms with E-state index in [0.717, 1.165) is 13.2 Å². The molecule has 2 heterocycles. The summed E-state index contributed by atoms with van der Waals surface area (Å²) >= 11 is 0. The van der Waals surface area contributed by atoms with Crippen LogP contribution in [0.1, 0.15) is 26.7 Å². The summed E-state index contributed by atoms with van der Waals surface area (Å²) in [6.07, 6.45) is 2.62. The topological polar surface area (TPSA) is 24.5 Å². The second kappa shape index (κ2) is 4.17. The molecule has 0 aromatic heterocycles. The van der Waals surface area contributed by atoms with Gasteiger partial charge in [-0.05, 0) is 32.9 Å². The second-order valence-electron chi connectivity index (χ2n) is 4.61. The maximum absolute atomic E-state index is 5.83. The average Bonchev–Trinajstić information content (AvgIpc) is 2.67. The van der Waals surface area contributed by atoms with Gasteiger partial charge in [0.15, 0.2) is 0 Å². The Morgan fingerprint density at radius 1 is 1.57 bits per heavy atom. The van der Waals surface area contributed by atoms with Crippen molar-refractivity contribution in [3.63, 3.8) is 0 Å². The fourth-order valence-corrected chi connectivity index (χ4v) is 2.67. The van der Waals surface area contributed by atoms with Crippen molar-refractivity contribution in [2.24, 2.45) is 5.92 Å². The number of hydrogen-bond donors (Lipinski definition) is 1. The Morgan fingerprint density at radius 3 is 3.07 bits per heavy atom. The molecule has 3 nitrogen and oxygen atoms in total. The van der Waals surface area contributed by atoms with Crippen LogP contribution in [0.5, 0.6) is 0 Å². The lowest BCUT2D eigenvalue weighted by Crippen LogP contribution is -2.52. The van der Waals surface area contributed by atoms with Gasteiger partial charge in [0.05, 0.1) is 6.61 Å². The van der Waals surface area contributed by atoms with Crippen LogP contribution in [0, 0.1) is 5.92 Å². The molecule has 2 unspecified atom stereocenters. The van der Waals surface area contributed by atoms with Crippen LogP contribution in [0.3, 0.4) is 0 Å². The zero-order valence-corrected chi connectivity index (χ0v) is 9.38. The summed E-state index contributed by atoms with van der Waals surface area (Å²) in [4.78, 5) is 2.53. The minimum atomic E-state index is -0.0478. The van der Waals surface area contributed by atoms with Crippen LogP contribution >= 0.6 is 0 Å². The van der Waals surface area contributed by atoms with Gasteiger partial charge in [-0.15, -0.1) is 0 Å². The van der Waals surface area contributed by atoms with Gasteiger partial charge in [-0.25, -0.2) is 0 Å². The van der Waals surface area contributed by atoms with Crippen LogP contribution in [-0.4, -0.2) is 43.4 Å². The highest BCUT2D eigenvalue weighted by Crippen LogP contribution is 2.30. The lowest BCUT2D eigenvalue weighted by Gasteiger charge is -2.40. The first kappa shape index (κ1) is 10.4. The van der Waals surface area contributed by atoms with Gasteiger partial charge in [0.1, 0.15) is 5.72 Å². The Hall–Kier alpha value is -0.120. The van der Waals surface area contributed by atoms with Crippen LogP contribution in [-0.2, 0) is 4.74 Å². The third kappa shape index (κ3) is 1.95. The average molecular weight is 198 g/mol. The predicted octanol–water partition coefficient (Wildman–Crippen LogP) is 1.05. The lowest BCUT2D eigenvalue weighted by atomic mass is 9.89. The second-order valence-corrected chi connectivity index (χ2v) is 4.61. The van der Waals surface area contributed by atoms with Gasteiger partial charge in [-0.3, -0.25) is 5.32 Å². The number of hydrogen-bond acceptors (Lipinski definition) is 3. The molecule has 2 rings (SSSR count). The van der Waals surface area contributed by atoms with Crippen molar-refractivity contribution in [1.29, 1.82) is 0 Å². The van der Waals surface area contributed by atoms with Gasteiger partial charge in [0.25, 0.3) is 0 Å². The van der Waals surface area contributed by atoms with Crippen molar-refractivity contribution in [3.8, 4) is 0 Å². The third-order valence-electron chi connectivity index (χ3n) is 3.71. The van der Waals surface area contributed by atoms with Crippen molar-refractivity contribution < 1.29 is 4.74 Å². The largest absolute Gasteiger partial charge is 0.359 e. The van der Waals surface area contributed by atoms with Gasteiger partial charge in [0, 0.05) is 19.0 Å². The van der Waals surface area contributed by atoms with E-state index in [1.54, 1.807) is 0 Å². The molecule has 2 aliphatic heterocycles. The first-order valence-electron chi connectivity index (χ1n) is 5.86. The number of nitrogens with zero attached hydrogens (tertiary/aromatic N) is 1. The quantitative estimate of drug-likeness (QED) is 0.718. The van der Waals surface area contributed by atoms with E-state index < -0.39 is 0 Å². The molecule has 0 aromatic rings. The smallest absolute Gasteiger partial charge is 0.120 e. The first-order valence-corrected chi connectivity index (χ1v) is 5.86. The minimum absolute atomic E-state index is 0.0478. The van der Waals surface area contributed by atoms with E-state index in [0.29, 0.717) is 5.92 Å². The maximum Gasteiger partial charge on any atom is 0.120 e. The Balaban J connectivity index is 1.96. The SMILES string of the molecule is CCN1CCCC(C2(C)NCCO2)C1. The number of piperidine rings is 1. The molecule has 0 bridgehead atoms. The van der Waals surface area contributed by atoms with Gasteiger partial charge in [-0.1, -0.05) is 6.92 Å². The fraction of sp³-hybridized carbons (Fsp3) is 1.00. The Kier molecular flexibility index (Phi) is 3.10.